The smallest absolute Gasteiger partial charge is 0.228 e. The summed E-state index contributed by atoms with van der Waals surface area (Å²) >= 11 is 0. The van der Waals surface area contributed by atoms with Gasteiger partial charge in [-0.1, -0.05) is 44.2 Å². The van der Waals surface area contributed by atoms with Crippen LogP contribution < -0.4 is 0 Å². The zero-order chi connectivity index (χ0) is 17.1. The second-order valence-electron chi connectivity index (χ2n) is 7.46. The van der Waals surface area contributed by atoms with Crippen LogP contribution in [0.4, 0.5) is 0 Å². The molecule has 2 aliphatic rings. The van der Waals surface area contributed by atoms with Gasteiger partial charge >= 0.3 is 0 Å². The van der Waals surface area contributed by atoms with E-state index in [1.807, 2.05) is 28.0 Å². The molecule has 24 heavy (non-hydrogen) atoms. The van der Waals surface area contributed by atoms with Crippen molar-refractivity contribution in [3.8, 4) is 0 Å². The van der Waals surface area contributed by atoms with Gasteiger partial charge in [0.1, 0.15) is 0 Å². The summed E-state index contributed by atoms with van der Waals surface area (Å²) in [5, 5.41) is 0. The molecule has 2 unspecified atom stereocenters. The van der Waals surface area contributed by atoms with Crippen molar-refractivity contribution in [1.29, 1.82) is 0 Å². The predicted octanol–water partition coefficient (Wildman–Crippen LogP) is 2.72. The van der Waals surface area contributed by atoms with Gasteiger partial charge in [0.2, 0.25) is 11.8 Å². The molecule has 2 amide bonds. The lowest BCUT2D eigenvalue weighted by atomic mass is 10.00. The summed E-state index contributed by atoms with van der Waals surface area (Å²) in [5.74, 6) is 0.668. The van der Waals surface area contributed by atoms with Crippen LogP contribution in [-0.2, 0) is 16.0 Å². The van der Waals surface area contributed by atoms with E-state index < -0.39 is 0 Å². The minimum atomic E-state index is -0.146. The zero-order valence-corrected chi connectivity index (χ0v) is 14.8. The maximum atomic E-state index is 12.9. The van der Waals surface area contributed by atoms with E-state index in [1.54, 1.807) is 0 Å². The van der Waals surface area contributed by atoms with Gasteiger partial charge in [-0.3, -0.25) is 9.59 Å². The first-order chi connectivity index (χ1) is 11.6. The second kappa shape index (κ2) is 7.37. The number of carbonyl (C=O) groups excluding carboxylic acids is 2. The van der Waals surface area contributed by atoms with Crippen LogP contribution in [0.25, 0.3) is 0 Å². The maximum Gasteiger partial charge on any atom is 0.228 e. The third kappa shape index (κ3) is 3.63. The van der Waals surface area contributed by atoms with E-state index in [2.05, 4.69) is 26.0 Å². The van der Waals surface area contributed by atoms with E-state index >= 15 is 0 Å². The normalized spacial score (nSPS) is 24.2. The van der Waals surface area contributed by atoms with Gasteiger partial charge in [0.15, 0.2) is 0 Å². The van der Waals surface area contributed by atoms with Gasteiger partial charge in [-0.15, -0.1) is 0 Å². The Morgan fingerprint density at radius 3 is 2.71 bits per heavy atom. The fraction of sp³-hybridized carbons (Fsp3) is 0.600. The van der Waals surface area contributed by atoms with Crippen LogP contribution in [0.2, 0.25) is 0 Å². The molecule has 0 radical (unpaired) electrons. The Bertz CT molecular complexity index is 585. The van der Waals surface area contributed by atoms with Gasteiger partial charge in [-0.25, -0.2) is 0 Å². The van der Waals surface area contributed by atoms with E-state index in [0.29, 0.717) is 31.5 Å². The van der Waals surface area contributed by atoms with Crippen molar-refractivity contribution in [3.05, 3.63) is 35.9 Å². The minimum absolute atomic E-state index is 0.129. The van der Waals surface area contributed by atoms with E-state index in [0.717, 1.165) is 25.8 Å². The Labute approximate surface area is 144 Å². The van der Waals surface area contributed by atoms with Crippen molar-refractivity contribution in [3.63, 3.8) is 0 Å². The Hall–Kier alpha value is -1.84. The highest BCUT2D eigenvalue weighted by Gasteiger charge is 2.40. The monoisotopic (exact) mass is 328 g/mol. The van der Waals surface area contributed by atoms with Crippen LogP contribution in [0.15, 0.2) is 30.3 Å². The first-order valence-corrected chi connectivity index (χ1v) is 9.18. The van der Waals surface area contributed by atoms with Crippen molar-refractivity contribution in [2.24, 2.45) is 11.8 Å². The topological polar surface area (TPSA) is 40.6 Å². The SMILES string of the molecule is CC(C)C1CCCN1C(=O)C1CC(=O)N(CCc2ccccc2)C1. The predicted molar refractivity (Wildman–Crippen MR) is 94.4 cm³/mol. The first-order valence-electron chi connectivity index (χ1n) is 9.18. The van der Waals surface area contributed by atoms with E-state index in [1.165, 1.54) is 5.56 Å². The van der Waals surface area contributed by atoms with Gasteiger partial charge in [-0.05, 0) is 30.7 Å². The van der Waals surface area contributed by atoms with Crippen LogP contribution in [0, 0.1) is 11.8 Å². The van der Waals surface area contributed by atoms with Crippen LogP contribution in [0.3, 0.4) is 0 Å². The first kappa shape index (κ1) is 17.0. The maximum absolute atomic E-state index is 12.9. The molecule has 4 heteroatoms. The number of nitrogens with zero attached hydrogens (tertiary/aromatic N) is 2. The van der Waals surface area contributed by atoms with Gasteiger partial charge in [0.25, 0.3) is 0 Å². The molecule has 0 saturated carbocycles. The molecule has 0 aromatic heterocycles. The summed E-state index contributed by atoms with van der Waals surface area (Å²) in [4.78, 5) is 29.1. The standard InChI is InChI=1S/C20H28N2O2/c1-15(2)18-9-6-11-22(18)20(24)17-13-19(23)21(14-17)12-10-16-7-4-3-5-8-16/h3-5,7-8,15,17-18H,6,9-14H2,1-2H3. The molecule has 2 fully saturated rings. The molecule has 4 nitrogen and oxygen atoms in total. The molecule has 2 saturated heterocycles. The van der Waals surface area contributed by atoms with Gasteiger partial charge in [0, 0.05) is 32.1 Å². The Kier molecular flexibility index (Phi) is 5.22. The molecule has 0 bridgehead atoms. The molecule has 1 aromatic rings. The number of likely N-dealkylation sites (tertiary alicyclic amines) is 2. The zero-order valence-electron chi connectivity index (χ0n) is 14.8. The molecule has 2 heterocycles. The van der Waals surface area contributed by atoms with E-state index in [9.17, 15) is 9.59 Å². The molecule has 130 valence electrons. The lowest BCUT2D eigenvalue weighted by Crippen LogP contribution is -2.42. The summed E-state index contributed by atoms with van der Waals surface area (Å²) in [5.41, 5.74) is 1.24. The third-order valence-electron chi connectivity index (χ3n) is 5.43. The molecule has 1 aromatic carbocycles. The van der Waals surface area contributed by atoms with Crippen molar-refractivity contribution in [1.82, 2.24) is 9.80 Å². The Balaban J connectivity index is 1.57. The minimum Gasteiger partial charge on any atom is -0.342 e. The highest BCUT2D eigenvalue weighted by Crippen LogP contribution is 2.28. The lowest BCUT2D eigenvalue weighted by molar-refractivity contribution is -0.137. The number of benzene rings is 1. The summed E-state index contributed by atoms with van der Waals surface area (Å²) < 4.78 is 0. The van der Waals surface area contributed by atoms with Crippen LogP contribution in [-0.4, -0.2) is 47.3 Å². The average molecular weight is 328 g/mol. The molecular weight excluding hydrogens is 300 g/mol. The quantitative estimate of drug-likeness (QED) is 0.834. The number of amides is 2. The molecule has 0 aliphatic carbocycles. The fourth-order valence-corrected chi connectivity index (χ4v) is 4.06. The van der Waals surface area contributed by atoms with Gasteiger partial charge in [0.05, 0.1) is 5.92 Å². The highest BCUT2D eigenvalue weighted by molar-refractivity contribution is 5.89. The number of hydrogen-bond acceptors (Lipinski definition) is 2. The summed E-state index contributed by atoms with van der Waals surface area (Å²) in [6.45, 7) is 6.52. The van der Waals surface area contributed by atoms with E-state index in [4.69, 9.17) is 0 Å². The molecule has 0 spiro atoms. The molecule has 2 aliphatic heterocycles. The second-order valence-corrected chi connectivity index (χ2v) is 7.46. The number of hydrogen-bond donors (Lipinski definition) is 0. The summed E-state index contributed by atoms with van der Waals surface area (Å²) in [7, 11) is 0. The summed E-state index contributed by atoms with van der Waals surface area (Å²) in [6, 6.07) is 10.6. The lowest BCUT2D eigenvalue weighted by Gasteiger charge is -2.29. The van der Waals surface area contributed by atoms with Crippen molar-refractivity contribution < 1.29 is 9.59 Å². The number of carbonyl (C=O) groups is 2. The molecular formula is C20H28N2O2. The number of rotatable bonds is 5. The Morgan fingerprint density at radius 2 is 2.00 bits per heavy atom. The van der Waals surface area contributed by atoms with Crippen molar-refractivity contribution in [2.75, 3.05) is 19.6 Å². The largest absolute Gasteiger partial charge is 0.342 e. The van der Waals surface area contributed by atoms with Gasteiger partial charge in [-0.2, -0.15) is 0 Å². The van der Waals surface area contributed by atoms with Gasteiger partial charge < -0.3 is 9.80 Å². The van der Waals surface area contributed by atoms with Crippen LogP contribution >= 0.6 is 0 Å². The highest BCUT2D eigenvalue weighted by atomic mass is 16.2. The van der Waals surface area contributed by atoms with Crippen LogP contribution in [0.5, 0.6) is 0 Å². The summed E-state index contributed by atoms with van der Waals surface area (Å²) in [6.07, 6.45) is 3.43. The fourth-order valence-electron chi connectivity index (χ4n) is 4.06. The molecule has 2 atom stereocenters. The van der Waals surface area contributed by atoms with Crippen molar-refractivity contribution in [2.45, 2.75) is 45.6 Å². The Morgan fingerprint density at radius 1 is 1.25 bits per heavy atom. The molecule has 0 N–H and O–H groups in total. The van der Waals surface area contributed by atoms with Crippen molar-refractivity contribution >= 4 is 11.8 Å². The third-order valence-corrected chi connectivity index (χ3v) is 5.43. The van der Waals surface area contributed by atoms with Crippen LogP contribution in [0.1, 0.15) is 38.7 Å². The average Bonchev–Trinajstić information content (AvgIpc) is 3.20. The van der Waals surface area contributed by atoms with E-state index in [-0.39, 0.29) is 17.7 Å². The molecule has 3 rings (SSSR count).